The van der Waals surface area contributed by atoms with Crippen molar-refractivity contribution in [3.05, 3.63) is 58.7 Å². The smallest absolute Gasteiger partial charge is 0.257 e. The second kappa shape index (κ2) is 9.03. The van der Waals surface area contributed by atoms with E-state index in [1.807, 2.05) is 0 Å². The van der Waals surface area contributed by atoms with Gasteiger partial charge in [-0.3, -0.25) is 9.78 Å². The highest BCUT2D eigenvalue weighted by Crippen LogP contribution is 2.30. The van der Waals surface area contributed by atoms with Gasteiger partial charge in [0.05, 0.1) is 37.1 Å². The van der Waals surface area contributed by atoms with Crippen LogP contribution >= 0.6 is 11.6 Å². The number of carbonyl (C=O) groups excluding carboxylic acids is 1. The maximum atomic E-state index is 13.2. The molecule has 0 saturated carbocycles. The number of amides is 1. The van der Waals surface area contributed by atoms with E-state index in [0.29, 0.717) is 40.7 Å². The average Bonchev–Trinajstić information content (AvgIpc) is 2.79. The number of rotatable bonds is 5. The van der Waals surface area contributed by atoms with Crippen molar-refractivity contribution in [1.29, 1.82) is 0 Å². The Hall–Kier alpha value is -2.72. The van der Waals surface area contributed by atoms with Crippen LogP contribution in [0.2, 0.25) is 5.02 Å². The molecule has 0 aliphatic carbocycles. The van der Waals surface area contributed by atoms with Gasteiger partial charge in [0.15, 0.2) is 0 Å². The van der Waals surface area contributed by atoms with Gasteiger partial charge in [-0.05, 0) is 43.3 Å². The summed E-state index contributed by atoms with van der Waals surface area (Å²) >= 11 is 6.02. The number of carbonyl (C=O) groups is 1. The summed E-state index contributed by atoms with van der Waals surface area (Å²) in [6, 6.07) is 11.5. The van der Waals surface area contributed by atoms with E-state index in [1.54, 1.807) is 37.3 Å². The number of morpholine rings is 1. The molecule has 1 saturated heterocycles. The van der Waals surface area contributed by atoms with Crippen LogP contribution in [0.15, 0.2) is 47.4 Å². The number of aryl methyl sites for hydroxylation is 1. The second-order valence-corrected chi connectivity index (χ2v) is 9.64. The van der Waals surface area contributed by atoms with Crippen LogP contribution in [0.4, 0.5) is 5.69 Å². The van der Waals surface area contributed by atoms with E-state index in [1.165, 1.54) is 23.5 Å². The van der Waals surface area contributed by atoms with Gasteiger partial charge in [-0.1, -0.05) is 17.7 Å². The van der Waals surface area contributed by atoms with Crippen molar-refractivity contribution in [1.82, 2.24) is 9.29 Å². The molecular weight excluding hydrogens is 454 g/mol. The van der Waals surface area contributed by atoms with Gasteiger partial charge in [0, 0.05) is 29.2 Å². The predicted octanol–water partition coefficient (Wildman–Crippen LogP) is 3.48. The molecule has 10 heteroatoms. The van der Waals surface area contributed by atoms with E-state index in [-0.39, 0.29) is 23.7 Å². The quantitative estimate of drug-likeness (QED) is 0.606. The Morgan fingerprint density at radius 3 is 2.62 bits per heavy atom. The third kappa shape index (κ3) is 4.42. The zero-order chi connectivity index (χ0) is 22.9. The van der Waals surface area contributed by atoms with Crippen LogP contribution in [0.25, 0.3) is 10.9 Å². The van der Waals surface area contributed by atoms with E-state index in [4.69, 9.17) is 21.1 Å². The van der Waals surface area contributed by atoms with Crippen LogP contribution in [0.3, 0.4) is 0 Å². The summed E-state index contributed by atoms with van der Waals surface area (Å²) in [6.07, 6.45) is 0. The predicted molar refractivity (Wildman–Crippen MR) is 122 cm³/mol. The second-order valence-electron chi connectivity index (χ2n) is 7.29. The van der Waals surface area contributed by atoms with Gasteiger partial charge in [-0.25, -0.2) is 8.42 Å². The zero-order valence-electron chi connectivity index (χ0n) is 17.6. The molecule has 3 aromatic rings. The topological polar surface area (TPSA) is 97.8 Å². The summed E-state index contributed by atoms with van der Waals surface area (Å²) in [5, 5.41) is 4.11. The van der Waals surface area contributed by atoms with Gasteiger partial charge >= 0.3 is 0 Å². The lowest BCUT2D eigenvalue weighted by atomic mass is 10.1. The van der Waals surface area contributed by atoms with Crippen LogP contribution in [-0.2, 0) is 14.8 Å². The van der Waals surface area contributed by atoms with E-state index >= 15 is 0 Å². The number of nitrogens with zero attached hydrogens (tertiary/aromatic N) is 2. The lowest BCUT2D eigenvalue weighted by molar-refractivity contribution is 0.0729. The molecule has 1 aliphatic heterocycles. The Balaban J connectivity index is 1.65. The van der Waals surface area contributed by atoms with Crippen molar-refractivity contribution in [3.8, 4) is 5.75 Å². The first-order valence-corrected chi connectivity index (χ1v) is 11.8. The van der Waals surface area contributed by atoms with E-state index < -0.39 is 15.9 Å². The Bertz CT molecular complexity index is 1290. The molecule has 0 spiro atoms. The number of fused-ring (bicyclic) bond motifs is 1. The number of nitrogens with one attached hydrogen (secondary N) is 1. The van der Waals surface area contributed by atoms with Crippen LogP contribution in [0, 0.1) is 6.92 Å². The van der Waals surface area contributed by atoms with Crippen LogP contribution in [-0.4, -0.2) is 57.0 Å². The zero-order valence-corrected chi connectivity index (χ0v) is 19.2. The van der Waals surface area contributed by atoms with Gasteiger partial charge < -0.3 is 14.8 Å². The highest BCUT2D eigenvalue weighted by atomic mass is 35.5. The molecule has 8 nitrogen and oxygen atoms in total. The van der Waals surface area contributed by atoms with Crippen LogP contribution < -0.4 is 10.1 Å². The van der Waals surface area contributed by atoms with Gasteiger partial charge in [0.1, 0.15) is 10.6 Å². The molecule has 0 unspecified atom stereocenters. The maximum absolute atomic E-state index is 13.2. The molecule has 2 heterocycles. The van der Waals surface area contributed by atoms with Gasteiger partial charge in [-0.2, -0.15) is 4.31 Å². The number of ether oxygens (including phenoxy) is 2. The summed E-state index contributed by atoms with van der Waals surface area (Å²) in [7, 11) is -2.41. The number of hydrogen-bond acceptors (Lipinski definition) is 6. The lowest BCUT2D eigenvalue weighted by Crippen LogP contribution is -2.40. The molecule has 0 atom stereocenters. The van der Waals surface area contributed by atoms with Crippen LogP contribution in [0.5, 0.6) is 5.75 Å². The van der Waals surface area contributed by atoms with E-state index in [9.17, 15) is 13.2 Å². The summed E-state index contributed by atoms with van der Waals surface area (Å²) < 4.78 is 38.2. The molecular formula is C22H22ClN3O5S. The van der Waals surface area contributed by atoms with Crippen molar-refractivity contribution in [2.45, 2.75) is 11.8 Å². The maximum Gasteiger partial charge on any atom is 0.257 e. The highest BCUT2D eigenvalue weighted by Gasteiger charge is 2.29. The van der Waals surface area contributed by atoms with Crippen molar-refractivity contribution in [2.75, 3.05) is 38.7 Å². The minimum absolute atomic E-state index is 0.0114. The van der Waals surface area contributed by atoms with E-state index in [0.717, 1.165) is 5.39 Å². The van der Waals surface area contributed by atoms with Crippen LogP contribution in [0.1, 0.15) is 16.1 Å². The number of aromatic nitrogens is 1. The molecule has 0 radical (unpaired) electrons. The molecule has 1 amide bonds. The Labute approximate surface area is 191 Å². The van der Waals surface area contributed by atoms with Gasteiger partial charge in [0.25, 0.3) is 5.91 Å². The molecule has 4 rings (SSSR count). The molecule has 1 aliphatic rings. The fourth-order valence-electron chi connectivity index (χ4n) is 3.55. The van der Waals surface area contributed by atoms with Gasteiger partial charge in [-0.15, -0.1) is 0 Å². The lowest BCUT2D eigenvalue weighted by Gasteiger charge is -2.26. The Kier molecular flexibility index (Phi) is 6.34. The Morgan fingerprint density at radius 1 is 1.16 bits per heavy atom. The van der Waals surface area contributed by atoms with Crippen molar-refractivity contribution in [3.63, 3.8) is 0 Å². The third-order valence-electron chi connectivity index (χ3n) is 5.22. The molecule has 1 aromatic heterocycles. The highest BCUT2D eigenvalue weighted by molar-refractivity contribution is 7.89. The first kappa shape index (κ1) is 22.5. The normalized spacial score (nSPS) is 15.0. The molecule has 1 N–H and O–H groups in total. The van der Waals surface area contributed by atoms with Crippen molar-refractivity contribution >= 4 is 44.1 Å². The van der Waals surface area contributed by atoms with Crippen molar-refractivity contribution < 1.29 is 22.7 Å². The molecule has 168 valence electrons. The fourth-order valence-corrected chi connectivity index (χ4v) is 5.30. The average molecular weight is 476 g/mol. The summed E-state index contributed by atoms with van der Waals surface area (Å²) in [5.41, 5.74) is 1.94. The first-order chi connectivity index (χ1) is 15.3. The number of benzene rings is 2. The first-order valence-electron chi connectivity index (χ1n) is 9.94. The Morgan fingerprint density at radius 2 is 1.91 bits per heavy atom. The number of halogens is 1. The number of anilines is 1. The molecule has 0 bridgehead atoms. The fraction of sp³-hybridized carbons (Fsp3) is 0.273. The molecule has 1 fully saturated rings. The van der Waals surface area contributed by atoms with E-state index in [2.05, 4.69) is 10.3 Å². The number of hydrogen-bond donors (Lipinski definition) is 1. The van der Waals surface area contributed by atoms with Gasteiger partial charge in [0.2, 0.25) is 10.0 Å². The third-order valence-corrected chi connectivity index (χ3v) is 7.38. The minimum Gasteiger partial charge on any atom is -0.495 e. The largest absolute Gasteiger partial charge is 0.495 e. The molecule has 2 aromatic carbocycles. The number of sulfonamides is 1. The minimum atomic E-state index is -3.82. The standard InChI is InChI=1S/C22H22ClN3O5S/c1-14-18(11-15-3-4-16(23)12-19(15)24-14)22(27)25-17-5-6-20(30-2)21(13-17)32(28,29)26-7-9-31-10-8-26/h3-6,11-13H,7-10H2,1-2H3,(H,25,27). The molecule has 32 heavy (non-hydrogen) atoms. The monoisotopic (exact) mass is 475 g/mol. The SMILES string of the molecule is COc1ccc(NC(=O)c2cc3ccc(Cl)cc3nc2C)cc1S(=O)(=O)N1CCOCC1. The summed E-state index contributed by atoms with van der Waals surface area (Å²) in [4.78, 5) is 17.4. The summed E-state index contributed by atoms with van der Waals surface area (Å²) in [6.45, 7) is 2.91. The summed E-state index contributed by atoms with van der Waals surface area (Å²) in [5.74, 6) is -0.193. The number of methoxy groups -OCH3 is 1. The number of pyridine rings is 1. The van der Waals surface area contributed by atoms with Crippen molar-refractivity contribution in [2.24, 2.45) is 0 Å².